The number of fused-ring (bicyclic) bond motifs is 3. The Morgan fingerprint density at radius 2 is 1.89 bits per heavy atom. The van der Waals surface area contributed by atoms with Gasteiger partial charge in [0.1, 0.15) is 0 Å². The van der Waals surface area contributed by atoms with Crippen LogP contribution in [-0.2, 0) is 11.0 Å². The van der Waals surface area contributed by atoms with Gasteiger partial charge >= 0.3 is 6.18 Å². The van der Waals surface area contributed by atoms with Crippen molar-refractivity contribution < 1.29 is 18.0 Å². The molecule has 1 fully saturated rings. The monoisotopic (exact) mass is 256 g/mol. The van der Waals surface area contributed by atoms with Crippen LogP contribution in [0.3, 0.4) is 0 Å². The van der Waals surface area contributed by atoms with Crippen molar-refractivity contribution in [3.8, 4) is 0 Å². The molecule has 2 aliphatic rings. The average Bonchev–Trinajstić information content (AvgIpc) is 2.77. The second-order valence-corrected chi connectivity index (χ2v) is 4.63. The first-order valence-corrected chi connectivity index (χ1v) is 5.70. The van der Waals surface area contributed by atoms with Gasteiger partial charge in [-0.25, -0.2) is 0 Å². The van der Waals surface area contributed by atoms with Gasteiger partial charge in [0, 0.05) is 19.0 Å². The summed E-state index contributed by atoms with van der Waals surface area (Å²) in [5, 5.41) is 5.46. The van der Waals surface area contributed by atoms with Gasteiger partial charge in [0.05, 0.1) is 17.2 Å². The molecule has 18 heavy (non-hydrogen) atoms. The predicted molar refractivity (Wildman–Crippen MR) is 59.2 cm³/mol. The third-order valence-corrected chi connectivity index (χ3v) is 3.60. The predicted octanol–water partition coefficient (Wildman–Crippen LogP) is 1.96. The van der Waals surface area contributed by atoms with Crippen LogP contribution in [0.15, 0.2) is 18.2 Å². The fourth-order valence-electron chi connectivity index (χ4n) is 2.75. The topological polar surface area (TPSA) is 41.1 Å². The second kappa shape index (κ2) is 3.71. The SMILES string of the molecule is O=C1Nc2c(cccc2C(F)(F)F)[C@H]2CNC[C@H]12. The van der Waals surface area contributed by atoms with Crippen molar-refractivity contribution in [2.75, 3.05) is 18.4 Å². The fourth-order valence-corrected chi connectivity index (χ4v) is 2.75. The first-order valence-electron chi connectivity index (χ1n) is 5.70. The molecule has 1 aromatic rings. The lowest BCUT2D eigenvalue weighted by Crippen LogP contribution is -2.34. The average molecular weight is 256 g/mol. The summed E-state index contributed by atoms with van der Waals surface area (Å²) >= 11 is 0. The molecule has 2 aliphatic heterocycles. The number of alkyl halides is 3. The van der Waals surface area contributed by atoms with Gasteiger partial charge in [-0.2, -0.15) is 13.2 Å². The lowest BCUT2D eigenvalue weighted by molar-refractivity contribution is -0.137. The minimum absolute atomic E-state index is 0.0695. The zero-order valence-corrected chi connectivity index (χ0v) is 9.34. The Kier molecular flexibility index (Phi) is 2.38. The number of halogens is 3. The molecule has 3 nitrogen and oxygen atoms in total. The van der Waals surface area contributed by atoms with Crippen LogP contribution in [0.25, 0.3) is 0 Å². The van der Waals surface area contributed by atoms with E-state index in [2.05, 4.69) is 10.6 Å². The van der Waals surface area contributed by atoms with Gasteiger partial charge in [-0.1, -0.05) is 12.1 Å². The maximum Gasteiger partial charge on any atom is 0.418 e. The number of amides is 1. The van der Waals surface area contributed by atoms with Crippen molar-refractivity contribution in [1.29, 1.82) is 0 Å². The number of hydrogen-bond donors (Lipinski definition) is 2. The third kappa shape index (κ3) is 1.59. The number of nitrogens with one attached hydrogen (secondary N) is 2. The molecule has 1 amide bonds. The maximum atomic E-state index is 12.9. The highest BCUT2D eigenvalue weighted by molar-refractivity contribution is 5.98. The molecule has 3 rings (SSSR count). The van der Waals surface area contributed by atoms with Gasteiger partial charge in [0.2, 0.25) is 5.91 Å². The van der Waals surface area contributed by atoms with Gasteiger partial charge in [0.25, 0.3) is 0 Å². The zero-order valence-electron chi connectivity index (χ0n) is 9.34. The lowest BCUT2D eigenvalue weighted by Gasteiger charge is -2.29. The second-order valence-electron chi connectivity index (χ2n) is 4.63. The Balaban J connectivity index is 2.15. The smallest absolute Gasteiger partial charge is 0.325 e. The van der Waals surface area contributed by atoms with Gasteiger partial charge in [-0.3, -0.25) is 4.79 Å². The Morgan fingerprint density at radius 1 is 1.17 bits per heavy atom. The van der Waals surface area contributed by atoms with E-state index in [4.69, 9.17) is 0 Å². The van der Waals surface area contributed by atoms with Gasteiger partial charge in [-0.15, -0.1) is 0 Å². The number of hydrogen-bond acceptors (Lipinski definition) is 2. The summed E-state index contributed by atoms with van der Waals surface area (Å²) in [6.45, 7) is 1.07. The lowest BCUT2D eigenvalue weighted by atomic mass is 9.83. The number of carbonyl (C=O) groups excluding carboxylic acids is 1. The summed E-state index contributed by atoms with van der Waals surface area (Å²) in [7, 11) is 0. The largest absolute Gasteiger partial charge is 0.418 e. The maximum absolute atomic E-state index is 12.9. The molecule has 6 heteroatoms. The Bertz CT molecular complexity index is 513. The zero-order chi connectivity index (χ0) is 12.9. The highest BCUT2D eigenvalue weighted by Crippen LogP contribution is 2.44. The van der Waals surface area contributed by atoms with Crippen LogP contribution in [0.1, 0.15) is 17.0 Å². The van der Waals surface area contributed by atoms with Crippen molar-refractivity contribution >= 4 is 11.6 Å². The summed E-state index contributed by atoms with van der Waals surface area (Å²) in [4.78, 5) is 11.8. The summed E-state index contributed by atoms with van der Waals surface area (Å²) in [6, 6.07) is 4.06. The van der Waals surface area contributed by atoms with Gasteiger partial charge in [-0.05, 0) is 11.6 Å². The molecule has 0 aromatic heterocycles. The molecule has 0 radical (unpaired) electrons. The van der Waals surface area contributed by atoms with Crippen LogP contribution in [0.2, 0.25) is 0 Å². The Labute approximate surface area is 101 Å². The fraction of sp³-hybridized carbons (Fsp3) is 0.417. The van der Waals surface area contributed by atoms with Crippen molar-refractivity contribution in [2.45, 2.75) is 12.1 Å². The van der Waals surface area contributed by atoms with Gasteiger partial charge < -0.3 is 10.6 Å². The van der Waals surface area contributed by atoms with Crippen LogP contribution in [0.5, 0.6) is 0 Å². The van der Waals surface area contributed by atoms with Crippen molar-refractivity contribution in [3.05, 3.63) is 29.3 Å². The van der Waals surface area contributed by atoms with Crippen LogP contribution < -0.4 is 10.6 Å². The Morgan fingerprint density at radius 3 is 2.61 bits per heavy atom. The number of benzene rings is 1. The third-order valence-electron chi connectivity index (χ3n) is 3.60. The van der Waals surface area contributed by atoms with Crippen LogP contribution >= 0.6 is 0 Å². The molecule has 0 bridgehead atoms. The molecule has 0 aliphatic carbocycles. The van der Waals surface area contributed by atoms with E-state index in [0.717, 1.165) is 6.07 Å². The van der Waals surface area contributed by atoms with E-state index < -0.39 is 11.7 Å². The number of anilines is 1. The molecule has 2 atom stereocenters. The number of rotatable bonds is 0. The quantitative estimate of drug-likeness (QED) is 0.745. The molecule has 0 unspecified atom stereocenters. The van der Waals surface area contributed by atoms with E-state index in [1.54, 1.807) is 6.07 Å². The van der Waals surface area contributed by atoms with Gasteiger partial charge in [0.15, 0.2) is 0 Å². The minimum Gasteiger partial charge on any atom is -0.325 e. The standard InChI is InChI=1S/C12H11F3N2O/c13-12(14,15)9-3-1-2-6-7-4-16-5-8(7)11(18)17-10(6)9/h1-3,7-8,16H,4-5H2,(H,17,18)/t7-,8+/m1/s1. The van der Waals surface area contributed by atoms with E-state index in [1.165, 1.54) is 6.07 Å². The molecular weight excluding hydrogens is 245 g/mol. The molecule has 2 heterocycles. The van der Waals surface area contributed by atoms with E-state index in [1.807, 2.05) is 0 Å². The van der Waals surface area contributed by atoms with E-state index in [-0.39, 0.29) is 23.4 Å². The van der Waals surface area contributed by atoms with E-state index in [0.29, 0.717) is 18.7 Å². The van der Waals surface area contributed by atoms with Crippen LogP contribution in [0, 0.1) is 5.92 Å². The first kappa shape index (κ1) is 11.5. The van der Waals surface area contributed by atoms with Crippen LogP contribution in [-0.4, -0.2) is 19.0 Å². The highest BCUT2D eigenvalue weighted by atomic mass is 19.4. The molecule has 1 aromatic carbocycles. The number of carbonyl (C=O) groups is 1. The molecule has 1 saturated heterocycles. The minimum atomic E-state index is -4.45. The van der Waals surface area contributed by atoms with Crippen LogP contribution in [0.4, 0.5) is 18.9 Å². The molecule has 96 valence electrons. The first-order chi connectivity index (χ1) is 8.48. The molecular formula is C12H11F3N2O. The van der Waals surface area contributed by atoms with E-state index in [9.17, 15) is 18.0 Å². The summed E-state index contributed by atoms with van der Waals surface area (Å²) < 4.78 is 38.6. The van der Waals surface area contributed by atoms with Crippen molar-refractivity contribution in [2.24, 2.45) is 5.92 Å². The summed E-state index contributed by atoms with van der Waals surface area (Å²) in [5.74, 6) is -0.744. The van der Waals surface area contributed by atoms with Crippen molar-refractivity contribution in [3.63, 3.8) is 0 Å². The summed E-state index contributed by atoms with van der Waals surface area (Å²) in [5.41, 5.74) is -0.252. The normalized spacial score (nSPS) is 26.5. The van der Waals surface area contributed by atoms with Crippen molar-refractivity contribution in [1.82, 2.24) is 5.32 Å². The molecule has 2 N–H and O–H groups in total. The number of para-hydroxylation sites is 1. The summed E-state index contributed by atoms with van der Waals surface area (Å²) in [6.07, 6.45) is -4.45. The Hall–Kier alpha value is -1.56. The molecule has 0 saturated carbocycles. The molecule has 0 spiro atoms. The highest BCUT2D eigenvalue weighted by Gasteiger charge is 2.43. The van der Waals surface area contributed by atoms with E-state index >= 15 is 0 Å².